The smallest absolute Gasteiger partial charge is 0.234 e. The van der Waals surface area contributed by atoms with Gasteiger partial charge in [0.05, 0.1) is 6.54 Å². The maximum Gasteiger partial charge on any atom is 0.234 e. The normalized spacial score (nSPS) is 21.3. The number of carbonyl (C=O) groups excluding carboxylic acids is 1. The van der Waals surface area contributed by atoms with Crippen molar-refractivity contribution in [1.82, 2.24) is 10.2 Å². The lowest BCUT2D eigenvalue weighted by molar-refractivity contribution is -0.122. The molecular weight excluding hydrogens is 178 g/mol. The van der Waals surface area contributed by atoms with Gasteiger partial charge in [0, 0.05) is 25.2 Å². The number of nitrogens with one attached hydrogen (secondary N) is 1. The van der Waals surface area contributed by atoms with Crippen LogP contribution in [0, 0.1) is 0 Å². The van der Waals surface area contributed by atoms with Crippen molar-refractivity contribution in [2.24, 2.45) is 5.73 Å². The Kier molecular flexibility index (Phi) is 3.03. The van der Waals surface area contributed by atoms with Gasteiger partial charge in [-0.05, 0) is 25.7 Å². The van der Waals surface area contributed by atoms with E-state index in [-0.39, 0.29) is 5.91 Å². The van der Waals surface area contributed by atoms with Crippen LogP contribution >= 0.6 is 0 Å². The molecule has 0 aromatic heterocycles. The number of nitrogens with zero attached hydrogens (tertiary/aromatic N) is 1. The van der Waals surface area contributed by atoms with E-state index in [2.05, 4.69) is 10.2 Å². The lowest BCUT2D eigenvalue weighted by Gasteiger charge is -2.20. The zero-order valence-electron chi connectivity index (χ0n) is 8.54. The molecule has 0 aromatic rings. The molecule has 2 rings (SSSR count). The van der Waals surface area contributed by atoms with Crippen LogP contribution in [0.2, 0.25) is 0 Å². The van der Waals surface area contributed by atoms with Crippen LogP contribution in [0.4, 0.5) is 0 Å². The van der Waals surface area contributed by atoms with Crippen LogP contribution < -0.4 is 11.1 Å². The van der Waals surface area contributed by atoms with E-state index < -0.39 is 0 Å². The van der Waals surface area contributed by atoms with Gasteiger partial charge in [0.2, 0.25) is 5.91 Å². The summed E-state index contributed by atoms with van der Waals surface area (Å²) in [4.78, 5) is 13.7. The Morgan fingerprint density at radius 3 is 2.57 bits per heavy atom. The summed E-state index contributed by atoms with van der Waals surface area (Å²) in [6, 6.07) is 1.10. The van der Waals surface area contributed by atoms with Gasteiger partial charge in [-0.15, -0.1) is 0 Å². The minimum atomic E-state index is 0.174. The molecule has 0 heterocycles. The molecule has 0 radical (unpaired) electrons. The molecule has 4 nitrogen and oxygen atoms in total. The van der Waals surface area contributed by atoms with Crippen LogP contribution in [0.1, 0.15) is 25.7 Å². The summed E-state index contributed by atoms with van der Waals surface area (Å²) in [6.07, 6.45) is 4.78. The number of rotatable bonds is 6. The van der Waals surface area contributed by atoms with Crippen LogP contribution in [0.15, 0.2) is 0 Å². The van der Waals surface area contributed by atoms with E-state index in [4.69, 9.17) is 5.73 Å². The van der Waals surface area contributed by atoms with Gasteiger partial charge in [-0.3, -0.25) is 9.69 Å². The molecule has 1 amide bonds. The molecule has 0 spiro atoms. The van der Waals surface area contributed by atoms with E-state index in [1.165, 1.54) is 12.8 Å². The fraction of sp³-hybridized carbons (Fsp3) is 0.900. The molecule has 2 fully saturated rings. The number of hydrogen-bond acceptors (Lipinski definition) is 3. The van der Waals surface area contributed by atoms with Crippen LogP contribution in [0.25, 0.3) is 0 Å². The van der Waals surface area contributed by atoms with Gasteiger partial charge in [-0.1, -0.05) is 0 Å². The highest BCUT2D eigenvalue weighted by atomic mass is 16.2. The number of nitrogens with two attached hydrogens (primary N) is 1. The quantitative estimate of drug-likeness (QED) is 0.614. The monoisotopic (exact) mass is 197 g/mol. The van der Waals surface area contributed by atoms with E-state index in [9.17, 15) is 4.79 Å². The number of amides is 1. The Morgan fingerprint density at radius 1 is 1.36 bits per heavy atom. The van der Waals surface area contributed by atoms with Gasteiger partial charge in [-0.2, -0.15) is 0 Å². The third-order valence-corrected chi connectivity index (χ3v) is 2.77. The highest BCUT2D eigenvalue weighted by molar-refractivity contribution is 5.78. The van der Waals surface area contributed by atoms with Crippen molar-refractivity contribution < 1.29 is 4.79 Å². The average Bonchev–Trinajstić information content (AvgIpc) is 2.99. The summed E-state index contributed by atoms with van der Waals surface area (Å²) < 4.78 is 0. The molecule has 2 aliphatic rings. The molecule has 0 aliphatic heterocycles. The summed E-state index contributed by atoms with van der Waals surface area (Å²) >= 11 is 0. The molecule has 0 bridgehead atoms. The first kappa shape index (κ1) is 9.93. The standard InChI is InChI=1S/C10H19N3O/c11-5-6-13(9-3-4-9)7-10(14)12-8-1-2-8/h8-9H,1-7,11H2,(H,12,14). The fourth-order valence-electron chi connectivity index (χ4n) is 1.68. The Hall–Kier alpha value is -0.610. The van der Waals surface area contributed by atoms with Crippen LogP contribution in [-0.2, 0) is 4.79 Å². The van der Waals surface area contributed by atoms with Gasteiger partial charge in [0.15, 0.2) is 0 Å². The highest BCUT2D eigenvalue weighted by Crippen LogP contribution is 2.26. The Bertz CT molecular complexity index is 211. The third kappa shape index (κ3) is 2.96. The van der Waals surface area contributed by atoms with Crippen molar-refractivity contribution in [3.8, 4) is 0 Å². The Balaban J connectivity index is 1.70. The van der Waals surface area contributed by atoms with E-state index >= 15 is 0 Å². The molecule has 0 saturated heterocycles. The first-order valence-corrected chi connectivity index (χ1v) is 5.53. The highest BCUT2D eigenvalue weighted by Gasteiger charge is 2.31. The number of carbonyl (C=O) groups is 1. The summed E-state index contributed by atoms with van der Waals surface area (Å²) in [7, 11) is 0. The molecule has 0 atom stereocenters. The van der Waals surface area contributed by atoms with Crippen molar-refractivity contribution in [3.05, 3.63) is 0 Å². The van der Waals surface area contributed by atoms with Crippen molar-refractivity contribution in [2.45, 2.75) is 37.8 Å². The van der Waals surface area contributed by atoms with E-state index in [0.717, 1.165) is 19.4 Å². The van der Waals surface area contributed by atoms with Crippen molar-refractivity contribution >= 4 is 5.91 Å². The summed E-state index contributed by atoms with van der Waals surface area (Å²) in [6.45, 7) is 2.04. The predicted molar refractivity (Wildman–Crippen MR) is 54.8 cm³/mol. The van der Waals surface area contributed by atoms with Crippen LogP contribution in [0.5, 0.6) is 0 Å². The van der Waals surface area contributed by atoms with Gasteiger partial charge in [0.25, 0.3) is 0 Å². The van der Waals surface area contributed by atoms with Crippen LogP contribution in [-0.4, -0.2) is 42.5 Å². The second kappa shape index (κ2) is 4.28. The van der Waals surface area contributed by atoms with E-state index in [1.54, 1.807) is 0 Å². The molecular formula is C10H19N3O. The zero-order valence-corrected chi connectivity index (χ0v) is 8.54. The largest absolute Gasteiger partial charge is 0.352 e. The average molecular weight is 197 g/mol. The number of hydrogen-bond donors (Lipinski definition) is 2. The molecule has 0 aromatic carbocycles. The molecule has 2 aliphatic carbocycles. The third-order valence-electron chi connectivity index (χ3n) is 2.77. The lowest BCUT2D eigenvalue weighted by atomic mass is 10.4. The van der Waals surface area contributed by atoms with E-state index in [0.29, 0.717) is 25.2 Å². The molecule has 80 valence electrons. The van der Waals surface area contributed by atoms with Crippen molar-refractivity contribution in [2.75, 3.05) is 19.6 Å². The summed E-state index contributed by atoms with van der Waals surface area (Å²) in [5.74, 6) is 0.174. The molecule has 2 saturated carbocycles. The molecule has 0 unspecified atom stereocenters. The van der Waals surface area contributed by atoms with Gasteiger partial charge < -0.3 is 11.1 Å². The Morgan fingerprint density at radius 2 is 2.07 bits per heavy atom. The van der Waals surface area contributed by atoms with Crippen LogP contribution in [0.3, 0.4) is 0 Å². The second-order valence-corrected chi connectivity index (χ2v) is 4.33. The lowest BCUT2D eigenvalue weighted by Crippen LogP contribution is -2.41. The molecule has 3 N–H and O–H groups in total. The minimum absolute atomic E-state index is 0.174. The Labute approximate surface area is 84.8 Å². The van der Waals surface area contributed by atoms with Crippen molar-refractivity contribution in [1.29, 1.82) is 0 Å². The van der Waals surface area contributed by atoms with Crippen molar-refractivity contribution in [3.63, 3.8) is 0 Å². The molecule has 14 heavy (non-hydrogen) atoms. The zero-order chi connectivity index (χ0) is 9.97. The summed E-state index contributed by atoms with van der Waals surface area (Å²) in [5, 5.41) is 3.00. The SMILES string of the molecule is NCCN(CC(=O)NC1CC1)C1CC1. The summed E-state index contributed by atoms with van der Waals surface area (Å²) in [5.41, 5.74) is 5.51. The van der Waals surface area contributed by atoms with Gasteiger partial charge in [-0.25, -0.2) is 0 Å². The van der Waals surface area contributed by atoms with E-state index in [1.807, 2.05) is 0 Å². The second-order valence-electron chi connectivity index (χ2n) is 4.33. The minimum Gasteiger partial charge on any atom is -0.352 e. The maximum absolute atomic E-state index is 11.5. The van der Waals surface area contributed by atoms with Gasteiger partial charge in [0.1, 0.15) is 0 Å². The predicted octanol–water partition coefficient (Wildman–Crippen LogP) is -0.312. The maximum atomic E-state index is 11.5. The van der Waals surface area contributed by atoms with Gasteiger partial charge >= 0.3 is 0 Å². The molecule has 4 heteroatoms. The first-order valence-electron chi connectivity index (χ1n) is 5.53. The fourth-order valence-corrected chi connectivity index (χ4v) is 1.68. The first-order chi connectivity index (χ1) is 6.79. The topological polar surface area (TPSA) is 58.4 Å².